The molecule has 2 aromatic rings. The topological polar surface area (TPSA) is 37.8 Å². The fourth-order valence-electron chi connectivity index (χ4n) is 1.38. The van der Waals surface area contributed by atoms with Gasteiger partial charge in [0.1, 0.15) is 17.2 Å². The first kappa shape index (κ1) is 11.4. The molecule has 0 aliphatic carbocycles. The molecule has 2 aromatic heterocycles. The van der Waals surface area contributed by atoms with Crippen molar-refractivity contribution in [1.82, 2.24) is 9.97 Å². The normalized spacial score (nSPS) is 12.4. The van der Waals surface area contributed by atoms with E-state index in [0.717, 1.165) is 0 Å². The number of thiophene rings is 1. The third-order valence-electron chi connectivity index (χ3n) is 2.21. The SMILES string of the molecule is Cc1ccc(C(C)Nc2ncncc2Cl)s1. The first-order valence-corrected chi connectivity index (χ1v) is 6.14. The van der Waals surface area contributed by atoms with Crippen LogP contribution >= 0.6 is 22.9 Å². The van der Waals surface area contributed by atoms with E-state index in [9.17, 15) is 0 Å². The van der Waals surface area contributed by atoms with E-state index in [1.54, 1.807) is 17.5 Å². The Labute approximate surface area is 104 Å². The maximum atomic E-state index is 5.98. The summed E-state index contributed by atoms with van der Waals surface area (Å²) in [5.41, 5.74) is 0. The van der Waals surface area contributed by atoms with Crippen LogP contribution in [0.3, 0.4) is 0 Å². The zero-order valence-electron chi connectivity index (χ0n) is 9.07. The van der Waals surface area contributed by atoms with Crippen LogP contribution in [-0.4, -0.2) is 9.97 Å². The first-order valence-electron chi connectivity index (χ1n) is 4.95. The van der Waals surface area contributed by atoms with Crippen LogP contribution in [0.2, 0.25) is 5.02 Å². The maximum absolute atomic E-state index is 5.98. The molecule has 1 N–H and O–H groups in total. The number of aromatic nitrogens is 2. The van der Waals surface area contributed by atoms with Gasteiger partial charge < -0.3 is 5.32 Å². The van der Waals surface area contributed by atoms with Gasteiger partial charge in [0.25, 0.3) is 0 Å². The average Bonchev–Trinajstić information content (AvgIpc) is 2.68. The first-order chi connectivity index (χ1) is 7.66. The summed E-state index contributed by atoms with van der Waals surface area (Å²) in [7, 11) is 0. The third kappa shape index (κ3) is 2.51. The average molecular weight is 254 g/mol. The van der Waals surface area contributed by atoms with Crippen LogP contribution in [0.25, 0.3) is 0 Å². The summed E-state index contributed by atoms with van der Waals surface area (Å²) in [4.78, 5) is 10.5. The Morgan fingerprint density at radius 1 is 1.44 bits per heavy atom. The van der Waals surface area contributed by atoms with Gasteiger partial charge in [0.2, 0.25) is 0 Å². The van der Waals surface area contributed by atoms with Gasteiger partial charge in [0.15, 0.2) is 0 Å². The minimum Gasteiger partial charge on any atom is -0.361 e. The summed E-state index contributed by atoms with van der Waals surface area (Å²) >= 11 is 7.75. The van der Waals surface area contributed by atoms with E-state index in [-0.39, 0.29) is 6.04 Å². The summed E-state index contributed by atoms with van der Waals surface area (Å²) in [5.74, 6) is 0.676. The number of anilines is 1. The number of nitrogens with one attached hydrogen (secondary N) is 1. The fourth-order valence-corrected chi connectivity index (χ4v) is 2.42. The van der Waals surface area contributed by atoms with Crippen LogP contribution in [0.4, 0.5) is 5.82 Å². The number of hydrogen-bond acceptors (Lipinski definition) is 4. The maximum Gasteiger partial charge on any atom is 0.148 e. The molecule has 0 aliphatic rings. The molecular formula is C11H12ClN3S. The number of hydrogen-bond donors (Lipinski definition) is 1. The number of rotatable bonds is 3. The highest BCUT2D eigenvalue weighted by atomic mass is 35.5. The van der Waals surface area contributed by atoms with Gasteiger partial charge in [0, 0.05) is 9.75 Å². The van der Waals surface area contributed by atoms with Crippen molar-refractivity contribution in [3.8, 4) is 0 Å². The monoisotopic (exact) mass is 253 g/mol. The second kappa shape index (κ2) is 4.80. The molecule has 0 amide bonds. The van der Waals surface area contributed by atoms with Crippen molar-refractivity contribution in [2.75, 3.05) is 5.32 Å². The van der Waals surface area contributed by atoms with Crippen LogP contribution < -0.4 is 5.32 Å². The lowest BCUT2D eigenvalue weighted by atomic mass is 10.2. The Hall–Kier alpha value is -1.13. The summed E-state index contributed by atoms with van der Waals surface area (Å²) in [6.07, 6.45) is 3.07. The van der Waals surface area contributed by atoms with Crippen molar-refractivity contribution in [2.45, 2.75) is 19.9 Å². The van der Waals surface area contributed by atoms with Crippen molar-refractivity contribution in [3.05, 3.63) is 39.4 Å². The minimum absolute atomic E-state index is 0.200. The minimum atomic E-state index is 0.200. The molecule has 0 spiro atoms. The predicted molar refractivity (Wildman–Crippen MR) is 68.1 cm³/mol. The lowest BCUT2D eigenvalue weighted by molar-refractivity contribution is 0.893. The second-order valence-corrected chi connectivity index (χ2v) is 5.26. The zero-order chi connectivity index (χ0) is 11.5. The van der Waals surface area contributed by atoms with E-state index in [1.165, 1.54) is 16.1 Å². The largest absolute Gasteiger partial charge is 0.361 e. The Bertz CT molecular complexity index is 484. The van der Waals surface area contributed by atoms with Crippen molar-refractivity contribution < 1.29 is 0 Å². The quantitative estimate of drug-likeness (QED) is 0.907. The molecule has 0 bridgehead atoms. The molecule has 0 aromatic carbocycles. The molecule has 1 atom stereocenters. The molecule has 0 radical (unpaired) electrons. The fraction of sp³-hybridized carbons (Fsp3) is 0.273. The van der Waals surface area contributed by atoms with Crippen molar-refractivity contribution in [1.29, 1.82) is 0 Å². The van der Waals surface area contributed by atoms with Crippen LogP contribution in [0.1, 0.15) is 22.7 Å². The zero-order valence-corrected chi connectivity index (χ0v) is 10.6. The smallest absolute Gasteiger partial charge is 0.148 e. The van der Waals surface area contributed by atoms with Gasteiger partial charge in [-0.1, -0.05) is 11.6 Å². The molecule has 3 nitrogen and oxygen atoms in total. The second-order valence-electron chi connectivity index (χ2n) is 3.53. The Morgan fingerprint density at radius 2 is 2.25 bits per heavy atom. The van der Waals surface area contributed by atoms with E-state index >= 15 is 0 Å². The number of halogens is 1. The highest BCUT2D eigenvalue weighted by Crippen LogP contribution is 2.27. The van der Waals surface area contributed by atoms with E-state index in [2.05, 4.69) is 41.3 Å². The van der Waals surface area contributed by atoms with E-state index in [4.69, 9.17) is 11.6 Å². The van der Waals surface area contributed by atoms with E-state index < -0.39 is 0 Å². The summed E-state index contributed by atoms with van der Waals surface area (Å²) in [6, 6.07) is 4.43. The Balaban J connectivity index is 2.13. The van der Waals surface area contributed by atoms with Gasteiger partial charge in [-0.05, 0) is 26.0 Å². The summed E-state index contributed by atoms with van der Waals surface area (Å²) in [5, 5.41) is 3.81. The van der Waals surface area contributed by atoms with Gasteiger partial charge in [-0.2, -0.15) is 0 Å². The van der Waals surface area contributed by atoms with Gasteiger partial charge >= 0.3 is 0 Å². The van der Waals surface area contributed by atoms with E-state index in [0.29, 0.717) is 10.8 Å². The standard InChI is InChI=1S/C11H12ClN3S/c1-7-3-4-10(16-7)8(2)15-11-9(12)5-13-6-14-11/h3-6,8H,1-2H3,(H,13,14,15). The lowest BCUT2D eigenvalue weighted by Crippen LogP contribution is -2.06. The van der Waals surface area contributed by atoms with Gasteiger partial charge in [0.05, 0.1) is 12.2 Å². The lowest BCUT2D eigenvalue weighted by Gasteiger charge is -2.13. The molecule has 0 saturated carbocycles. The van der Waals surface area contributed by atoms with E-state index in [1.807, 2.05) is 0 Å². The summed E-state index contributed by atoms with van der Waals surface area (Å²) in [6.45, 7) is 4.18. The van der Waals surface area contributed by atoms with Crippen molar-refractivity contribution in [2.24, 2.45) is 0 Å². The molecular weight excluding hydrogens is 242 g/mol. The molecule has 0 saturated heterocycles. The Kier molecular flexibility index (Phi) is 3.41. The molecule has 0 fully saturated rings. The predicted octanol–water partition coefficient (Wildman–Crippen LogP) is 3.67. The summed E-state index contributed by atoms with van der Waals surface area (Å²) < 4.78 is 0. The molecule has 84 valence electrons. The Morgan fingerprint density at radius 3 is 2.88 bits per heavy atom. The molecule has 2 heterocycles. The number of aryl methyl sites for hydroxylation is 1. The van der Waals surface area contributed by atoms with Crippen LogP contribution in [-0.2, 0) is 0 Å². The third-order valence-corrected chi connectivity index (χ3v) is 3.67. The molecule has 2 rings (SSSR count). The molecule has 0 aliphatic heterocycles. The van der Waals surface area contributed by atoms with Crippen molar-refractivity contribution in [3.63, 3.8) is 0 Å². The van der Waals surface area contributed by atoms with Crippen LogP contribution in [0.5, 0.6) is 0 Å². The van der Waals surface area contributed by atoms with Gasteiger partial charge in [-0.3, -0.25) is 0 Å². The van der Waals surface area contributed by atoms with Gasteiger partial charge in [-0.15, -0.1) is 11.3 Å². The number of nitrogens with zero attached hydrogens (tertiary/aromatic N) is 2. The molecule has 1 unspecified atom stereocenters. The highest BCUT2D eigenvalue weighted by Gasteiger charge is 2.10. The van der Waals surface area contributed by atoms with Crippen LogP contribution in [0.15, 0.2) is 24.7 Å². The van der Waals surface area contributed by atoms with Crippen molar-refractivity contribution >= 4 is 28.8 Å². The molecule has 5 heteroatoms. The van der Waals surface area contributed by atoms with Crippen LogP contribution in [0, 0.1) is 6.92 Å². The van der Waals surface area contributed by atoms with Gasteiger partial charge in [-0.25, -0.2) is 9.97 Å². The molecule has 16 heavy (non-hydrogen) atoms. The highest BCUT2D eigenvalue weighted by molar-refractivity contribution is 7.12.